The van der Waals surface area contributed by atoms with E-state index in [0.29, 0.717) is 6.04 Å². The van der Waals surface area contributed by atoms with Crippen molar-refractivity contribution in [1.82, 2.24) is 5.09 Å². The highest BCUT2D eigenvalue weighted by atomic mass is 32.5. The lowest BCUT2D eigenvalue weighted by Gasteiger charge is -2.28. The molecule has 1 saturated carbocycles. The molecule has 0 saturated heterocycles. The van der Waals surface area contributed by atoms with Crippen LogP contribution in [0, 0.1) is 0 Å². The minimum atomic E-state index is -2.17. The van der Waals surface area contributed by atoms with E-state index in [-0.39, 0.29) is 0 Å². The largest absolute Gasteiger partial charge is 0.321 e. The molecule has 0 aromatic heterocycles. The summed E-state index contributed by atoms with van der Waals surface area (Å²) in [5, 5.41) is 3.31. The predicted molar refractivity (Wildman–Crippen MR) is 58.3 cm³/mol. The van der Waals surface area contributed by atoms with Crippen LogP contribution in [0.3, 0.4) is 0 Å². The van der Waals surface area contributed by atoms with Gasteiger partial charge in [0, 0.05) is 20.3 Å². The summed E-state index contributed by atoms with van der Waals surface area (Å²) in [7, 11) is 3.22. The van der Waals surface area contributed by atoms with E-state index in [9.17, 15) is 0 Å². The lowest BCUT2D eigenvalue weighted by atomic mass is 9.96. The molecule has 0 amide bonds. The van der Waals surface area contributed by atoms with Gasteiger partial charge in [0.1, 0.15) is 0 Å². The fraction of sp³-hybridized carbons (Fsp3) is 1.00. The molecular weight excluding hydrogens is 205 g/mol. The molecule has 1 rings (SSSR count). The summed E-state index contributed by atoms with van der Waals surface area (Å²) in [6, 6.07) is 0.500. The van der Waals surface area contributed by atoms with Crippen LogP contribution in [-0.4, -0.2) is 20.3 Å². The summed E-state index contributed by atoms with van der Waals surface area (Å²) in [4.78, 5) is 0. The van der Waals surface area contributed by atoms with Gasteiger partial charge >= 0.3 is 0 Å². The maximum atomic E-state index is 5.24. The first-order valence-electron chi connectivity index (χ1n) is 4.69. The van der Waals surface area contributed by atoms with Gasteiger partial charge in [0.05, 0.1) is 0 Å². The van der Waals surface area contributed by atoms with Crippen molar-refractivity contribution >= 4 is 18.4 Å². The molecule has 5 heteroatoms. The first-order valence-corrected chi connectivity index (χ1v) is 7.33. The van der Waals surface area contributed by atoms with Gasteiger partial charge < -0.3 is 9.05 Å². The second-order valence-corrected chi connectivity index (χ2v) is 6.75. The zero-order valence-corrected chi connectivity index (χ0v) is 10.00. The van der Waals surface area contributed by atoms with Crippen LogP contribution in [0.5, 0.6) is 0 Å². The van der Waals surface area contributed by atoms with Gasteiger partial charge in [-0.2, -0.15) is 0 Å². The molecule has 0 unspecified atom stereocenters. The first-order chi connectivity index (χ1) is 6.20. The third kappa shape index (κ3) is 3.64. The van der Waals surface area contributed by atoms with Gasteiger partial charge in [-0.1, -0.05) is 19.3 Å². The zero-order valence-electron chi connectivity index (χ0n) is 8.28. The number of hydrogen-bond acceptors (Lipinski definition) is 3. The standard InChI is InChI=1S/C8H18NO2PS/c1-10-12(13,11-2)9-8-6-4-3-5-7-8/h8H,3-7H2,1-2H3,(H,9,13). The Morgan fingerprint density at radius 1 is 1.15 bits per heavy atom. The van der Waals surface area contributed by atoms with E-state index in [1.165, 1.54) is 32.1 Å². The van der Waals surface area contributed by atoms with Gasteiger partial charge in [-0.25, -0.2) is 5.09 Å². The molecule has 1 fully saturated rings. The number of hydrogen-bond donors (Lipinski definition) is 1. The van der Waals surface area contributed by atoms with Crippen LogP contribution in [0.2, 0.25) is 0 Å². The van der Waals surface area contributed by atoms with Crippen LogP contribution < -0.4 is 5.09 Å². The van der Waals surface area contributed by atoms with Gasteiger partial charge in [0.2, 0.25) is 0 Å². The predicted octanol–water partition coefficient (Wildman–Crippen LogP) is 2.43. The summed E-state index contributed by atoms with van der Waals surface area (Å²) in [6.45, 7) is -2.17. The van der Waals surface area contributed by atoms with Crippen LogP contribution in [-0.2, 0) is 20.9 Å². The Balaban J connectivity index is 2.40. The fourth-order valence-corrected chi connectivity index (χ4v) is 3.15. The van der Waals surface area contributed by atoms with E-state index in [4.69, 9.17) is 20.9 Å². The zero-order chi connectivity index (χ0) is 9.73. The van der Waals surface area contributed by atoms with Crippen LogP contribution in [0.25, 0.3) is 0 Å². The van der Waals surface area contributed by atoms with E-state index >= 15 is 0 Å². The highest BCUT2D eigenvalue weighted by Crippen LogP contribution is 2.43. The van der Waals surface area contributed by atoms with Crippen molar-refractivity contribution in [2.24, 2.45) is 0 Å². The first kappa shape index (κ1) is 11.6. The quantitative estimate of drug-likeness (QED) is 0.741. The third-order valence-electron chi connectivity index (χ3n) is 2.43. The van der Waals surface area contributed by atoms with Crippen molar-refractivity contribution in [1.29, 1.82) is 0 Å². The molecule has 13 heavy (non-hydrogen) atoms. The normalized spacial score (nSPS) is 20.5. The van der Waals surface area contributed by atoms with Crippen LogP contribution in [0.1, 0.15) is 32.1 Å². The van der Waals surface area contributed by atoms with Crippen molar-refractivity contribution in [3.63, 3.8) is 0 Å². The lowest BCUT2D eigenvalue weighted by Crippen LogP contribution is -2.29. The third-order valence-corrected chi connectivity index (χ3v) is 5.28. The molecule has 0 atom stereocenters. The molecule has 0 heterocycles. The Hall–Kier alpha value is 0.530. The van der Waals surface area contributed by atoms with E-state index in [1.807, 2.05) is 0 Å². The van der Waals surface area contributed by atoms with Crippen molar-refractivity contribution < 1.29 is 9.05 Å². The Morgan fingerprint density at radius 3 is 2.15 bits per heavy atom. The molecule has 0 aromatic rings. The van der Waals surface area contributed by atoms with Crippen molar-refractivity contribution in [3.05, 3.63) is 0 Å². The van der Waals surface area contributed by atoms with Crippen molar-refractivity contribution in [3.8, 4) is 0 Å². The lowest BCUT2D eigenvalue weighted by molar-refractivity contribution is 0.307. The van der Waals surface area contributed by atoms with Gasteiger partial charge in [0.15, 0.2) is 0 Å². The maximum absolute atomic E-state index is 5.24. The van der Waals surface area contributed by atoms with E-state index in [1.54, 1.807) is 14.2 Å². The summed E-state index contributed by atoms with van der Waals surface area (Å²) in [5.41, 5.74) is 0. The van der Waals surface area contributed by atoms with Crippen LogP contribution in [0.15, 0.2) is 0 Å². The molecule has 0 aromatic carbocycles. The van der Waals surface area contributed by atoms with Gasteiger partial charge in [-0.3, -0.25) is 0 Å². The Bertz CT molecular complexity index is 187. The smallest absolute Gasteiger partial charge is 0.260 e. The minimum Gasteiger partial charge on any atom is -0.321 e. The fourth-order valence-electron chi connectivity index (χ4n) is 1.64. The van der Waals surface area contributed by atoms with Crippen molar-refractivity contribution in [2.45, 2.75) is 38.1 Å². The van der Waals surface area contributed by atoms with Crippen molar-refractivity contribution in [2.75, 3.05) is 14.2 Å². The highest BCUT2D eigenvalue weighted by Gasteiger charge is 2.22. The molecule has 0 aliphatic heterocycles. The number of nitrogens with one attached hydrogen (secondary N) is 1. The van der Waals surface area contributed by atoms with Gasteiger partial charge in [-0.05, 0) is 24.6 Å². The summed E-state index contributed by atoms with van der Waals surface area (Å²) in [6.07, 6.45) is 6.33. The second-order valence-electron chi connectivity index (χ2n) is 3.33. The molecule has 0 spiro atoms. The Morgan fingerprint density at radius 2 is 1.69 bits per heavy atom. The van der Waals surface area contributed by atoms with E-state index in [0.717, 1.165) is 0 Å². The summed E-state index contributed by atoms with van der Waals surface area (Å²) < 4.78 is 10.4. The molecule has 1 aliphatic rings. The van der Waals surface area contributed by atoms with Gasteiger partial charge in [0.25, 0.3) is 6.64 Å². The maximum Gasteiger partial charge on any atom is 0.260 e. The molecule has 1 N–H and O–H groups in total. The summed E-state index contributed by atoms with van der Waals surface area (Å²) in [5.74, 6) is 0. The second kappa shape index (κ2) is 5.42. The Labute approximate surface area is 85.4 Å². The molecular formula is C8H18NO2PS. The molecule has 3 nitrogen and oxygen atoms in total. The van der Waals surface area contributed by atoms with E-state index in [2.05, 4.69) is 5.09 Å². The summed E-state index contributed by atoms with van der Waals surface area (Å²) >= 11 is 5.24. The van der Waals surface area contributed by atoms with Gasteiger partial charge in [-0.15, -0.1) is 0 Å². The highest BCUT2D eigenvalue weighted by molar-refractivity contribution is 8.08. The topological polar surface area (TPSA) is 30.5 Å². The minimum absolute atomic E-state index is 0.500. The van der Waals surface area contributed by atoms with E-state index < -0.39 is 6.64 Å². The average molecular weight is 223 g/mol. The Kier molecular flexibility index (Phi) is 4.84. The number of rotatable bonds is 4. The van der Waals surface area contributed by atoms with Crippen LogP contribution >= 0.6 is 6.64 Å². The monoisotopic (exact) mass is 223 g/mol. The average Bonchev–Trinajstić information content (AvgIpc) is 2.19. The molecule has 0 bridgehead atoms. The van der Waals surface area contributed by atoms with Crippen LogP contribution in [0.4, 0.5) is 0 Å². The molecule has 1 aliphatic carbocycles. The molecule has 0 radical (unpaired) electrons. The molecule has 78 valence electrons. The SMILES string of the molecule is COP(=S)(NC1CCCCC1)OC.